The van der Waals surface area contributed by atoms with Crippen LogP contribution in [0.5, 0.6) is 0 Å². The second-order valence-electron chi connectivity index (χ2n) is 14.2. The monoisotopic (exact) mass is 567 g/mol. The number of nitrogens with one attached hydrogen (secondary N) is 1. The summed E-state index contributed by atoms with van der Waals surface area (Å²) in [4.78, 5) is 41.7. The van der Waals surface area contributed by atoms with Crippen molar-refractivity contribution in [3.05, 3.63) is 22.9 Å². The molecule has 7 nitrogen and oxygen atoms in total. The summed E-state index contributed by atoms with van der Waals surface area (Å²) in [5.41, 5.74) is -3.79. The molecule has 0 aromatic heterocycles. The highest BCUT2D eigenvalue weighted by Gasteiger charge is 2.79. The molecule has 0 aromatic rings. The Bertz CT molecular complexity index is 1050. The van der Waals surface area contributed by atoms with E-state index >= 15 is 0 Å². The summed E-state index contributed by atoms with van der Waals surface area (Å²) >= 11 is 1.56. The van der Waals surface area contributed by atoms with Gasteiger partial charge in [-0.25, -0.2) is 14.0 Å². The first kappa shape index (κ1) is 31.5. The molecule has 0 aliphatic heterocycles. The van der Waals surface area contributed by atoms with Gasteiger partial charge in [-0.05, 0) is 91.6 Å². The predicted octanol–water partition coefficient (Wildman–Crippen LogP) is 6.57. The molecule has 2 fully saturated rings. The van der Waals surface area contributed by atoms with Crippen LogP contribution >= 0.6 is 11.8 Å². The zero-order valence-electron chi connectivity index (χ0n) is 25.3. The lowest BCUT2D eigenvalue weighted by Gasteiger charge is -2.41. The van der Waals surface area contributed by atoms with Crippen molar-refractivity contribution in [1.82, 2.24) is 5.32 Å². The minimum absolute atomic E-state index is 0.101. The molecule has 0 heterocycles. The van der Waals surface area contributed by atoms with Gasteiger partial charge < -0.3 is 19.5 Å². The Balaban J connectivity index is 2.03. The van der Waals surface area contributed by atoms with Crippen LogP contribution in [0.15, 0.2) is 22.9 Å². The van der Waals surface area contributed by atoms with E-state index in [0.29, 0.717) is 12.2 Å². The van der Waals surface area contributed by atoms with Crippen molar-refractivity contribution in [2.24, 2.45) is 35.5 Å². The predicted molar refractivity (Wildman–Crippen MR) is 150 cm³/mol. The highest BCUT2D eigenvalue weighted by Crippen LogP contribution is 2.68. The SMILES string of the molecule is CC1CC(SCC2[C@@H](C)[C@H]3C(C(=O)OC(C)(C)C)[C@H]3[C@]2(NC(=O)OC(C)(C)C)C(=O)OC(C)(C)C)=CC=C1F. The highest BCUT2D eigenvalue weighted by atomic mass is 32.2. The van der Waals surface area contributed by atoms with Crippen molar-refractivity contribution < 1.29 is 33.0 Å². The van der Waals surface area contributed by atoms with Gasteiger partial charge in [0.15, 0.2) is 0 Å². The molecule has 0 aromatic carbocycles. The van der Waals surface area contributed by atoms with Gasteiger partial charge in [0.25, 0.3) is 0 Å². The molecule has 3 aliphatic rings. The summed E-state index contributed by atoms with van der Waals surface area (Å²) in [6.45, 7) is 19.9. The van der Waals surface area contributed by atoms with E-state index in [1.165, 1.54) is 6.08 Å². The number of hydrogen-bond donors (Lipinski definition) is 1. The average molecular weight is 568 g/mol. The number of esters is 2. The molecule has 2 saturated carbocycles. The Morgan fingerprint density at radius 2 is 1.51 bits per heavy atom. The molecule has 0 spiro atoms. The van der Waals surface area contributed by atoms with Crippen LogP contribution in [0, 0.1) is 35.5 Å². The molecule has 220 valence electrons. The molecular formula is C30H46FNO6S. The first-order chi connectivity index (χ1) is 17.7. The van der Waals surface area contributed by atoms with E-state index < -0.39 is 46.2 Å². The van der Waals surface area contributed by atoms with Crippen molar-refractivity contribution in [2.75, 3.05) is 5.75 Å². The van der Waals surface area contributed by atoms with Crippen LogP contribution in [-0.4, -0.2) is 46.1 Å². The van der Waals surface area contributed by atoms with E-state index in [1.807, 2.05) is 34.6 Å². The minimum Gasteiger partial charge on any atom is -0.460 e. The van der Waals surface area contributed by atoms with Crippen LogP contribution in [0.25, 0.3) is 0 Å². The number of allylic oxidation sites excluding steroid dienone is 4. The van der Waals surface area contributed by atoms with Crippen LogP contribution in [0.1, 0.15) is 82.6 Å². The zero-order chi connectivity index (χ0) is 29.7. The van der Waals surface area contributed by atoms with Gasteiger partial charge in [-0.1, -0.05) is 19.9 Å². The van der Waals surface area contributed by atoms with Crippen LogP contribution < -0.4 is 5.32 Å². The molecule has 9 heteroatoms. The van der Waals surface area contributed by atoms with Gasteiger partial charge >= 0.3 is 18.0 Å². The fourth-order valence-electron chi connectivity index (χ4n) is 5.92. The molecule has 3 aliphatic carbocycles. The Morgan fingerprint density at radius 1 is 0.949 bits per heavy atom. The van der Waals surface area contributed by atoms with Gasteiger partial charge in [-0.3, -0.25) is 4.79 Å². The largest absolute Gasteiger partial charge is 0.460 e. The summed E-state index contributed by atoms with van der Waals surface area (Å²) in [7, 11) is 0. The summed E-state index contributed by atoms with van der Waals surface area (Å²) in [6.07, 6.45) is 3.10. The maximum absolute atomic E-state index is 14.1. The summed E-state index contributed by atoms with van der Waals surface area (Å²) in [5, 5.41) is 2.95. The minimum atomic E-state index is -1.49. The summed E-state index contributed by atoms with van der Waals surface area (Å²) < 4.78 is 31.2. The molecule has 0 bridgehead atoms. The maximum atomic E-state index is 14.1. The number of amides is 1. The Morgan fingerprint density at radius 3 is 2.03 bits per heavy atom. The van der Waals surface area contributed by atoms with E-state index in [0.717, 1.165) is 4.91 Å². The standard InChI is InChI=1S/C30H46FNO6S/c1-16-14-18(12-13-20(16)31)39-15-19-17(2)21-22(24(33)36-27(3,4)5)23(21)30(19,25(34)37-28(6,7)8)32-26(35)38-29(9,10)11/h12-13,16-17,19,21-23H,14-15H2,1-11H3,(H,32,35)/t16?,17-,19?,21+,22?,23+,30+/m1/s1. The quantitative estimate of drug-likeness (QED) is 0.287. The number of rotatable bonds is 6. The summed E-state index contributed by atoms with van der Waals surface area (Å²) in [5.74, 6) is -2.48. The second-order valence-corrected chi connectivity index (χ2v) is 15.4. The fourth-order valence-corrected chi connectivity index (χ4v) is 7.41. The van der Waals surface area contributed by atoms with Crippen molar-refractivity contribution >= 4 is 29.8 Å². The normalized spacial score (nSPS) is 32.4. The maximum Gasteiger partial charge on any atom is 0.408 e. The van der Waals surface area contributed by atoms with Gasteiger partial charge in [-0.15, -0.1) is 11.8 Å². The van der Waals surface area contributed by atoms with Crippen LogP contribution in [0.2, 0.25) is 0 Å². The van der Waals surface area contributed by atoms with Crippen molar-refractivity contribution in [3.63, 3.8) is 0 Å². The number of halogens is 1. The van der Waals surface area contributed by atoms with Gasteiger partial charge in [0, 0.05) is 23.5 Å². The molecule has 0 radical (unpaired) electrons. The van der Waals surface area contributed by atoms with Crippen molar-refractivity contribution in [1.29, 1.82) is 0 Å². The van der Waals surface area contributed by atoms with Gasteiger partial charge in [0.2, 0.25) is 0 Å². The number of carbonyl (C=O) groups is 3. The molecule has 39 heavy (non-hydrogen) atoms. The van der Waals surface area contributed by atoms with E-state index in [-0.39, 0.29) is 35.5 Å². The Labute approximate surface area is 237 Å². The zero-order valence-corrected chi connectivity index (χ0v) is 26.1. The smallest absolute Gasteiger partial charge is 0.408 e. The third-order valence-corrected chi connectivity index (χ3v) is 8.61. The molecule has 0 saturated heterocycles. The average Bonchev–Trinajstić information content (AvgIpc) is 3.42. The van der Waals surface area contributed by atoms with Gasteiger partial charge in [0.1, 0.15) is 28.2 Å². The molecular weight excluding hydrogens is 521 g/mol. The van der Waals surface area contributed by atoms with Crippen LogP contribution in [0.3, 0.4) is 0 Å². The summed E-state index contributed by atoms with van der Waals surface area (Å²) in [6, 6.07) is 0. The van der Waals surface area contributed by atoms with Crippen LogP contribution in [0.4, 0.5) is 9.18 Å². The molecule has 1 amide bonds. The number of hydrogen-bond acceptors (Lipinski definition) is 7. The van der Waals surface area contributed by atoms with E-state index in [2.05, 4.69) is 5.32 Å². The lowest BCUT2D eigenvalue weighted by atomic mass is 9.77. The molecule has 3 unspecified atom stereocenters. The lowest BCUT2D eigenvalue weighted by Crippen LogP contribution is -2.63. The van der Waals surface area contributed by atoms with E-state index in [9.17, 15) is 18.8 Å². The number of alkyl carbamates (subject to hydrolysis) is 1. The lowest BCUT2D eigenvalue weighted by molar-refractivity contribution is -0.168. The number of thioether (sulfide) groups is 1. The molecule has 1 N–H and O–H groups in total. The van der Waals surface area contributed by atoms with Crippen molar-refractivity contribution in [2.45, 2.75) is 105 Å². The third kappa shape index (κ3) is 7.19. The van der Waals surface area contributed by atoms with Gasteiger partial charge in [0.05, 0.1) is 5.92 Å². The van der Waals surface area contributed by atoms with Gasteiger partial charge in [-0.2, -0.15) is 0 Å². The number of ether oxygens (including phenoxy) is 3. The van der Waals surface area contributed by atoms with E-state index in [1.54, 1.807) is 59.4 Å². The van der Waals surface area contributed by atoms with Crippen LogP contribution in [-0.2, 0) is 23.8 Å². The van der Waals surface area contributed by atoms with E-state index in [4.69, 9.17) is 14.2 Å². The Hall–Kier alpha value is -2.03. The third-order valence-electron chi connectivity index (χ3n) is 7.41. The Kier molecular flexibility index (Phi) is 8.68. The highest BCUT2D eigenvalue weighted by molar-refractivity contribution is 8.03. The molecule has 3 rings (SSSR count). The number of fused-ring (bicyclic) bond motifs is 1. The number of carbonyl (C=O) groups excluding carboxylic acids is 3. The topological polar surface area (TPSA) is 90.9 Å². The first-order valence-electron chi connectivity index (χ1n) is 13.8. The second kappa shape index (κ2) is 10.7. The first-order valence-corrected chi connectivity index (χ1v) is 14.8. The van der Waals surface area contributed by atoms with Crippen molar-refractivity contribution in [3.8, 4) is 0 Å². The fraction of sp³-hybridized carbons (Fsp3) is 0.767. The molecule has 7 atom stereocenters.